The van der Waals surface area contributed by atoms with Crippen LogP contribution in [-0.4, -0.2) is 27.1 Å². The summed E-state index contributed by atoms with van der Waals surface area (Å²) in [5.74, 6) is 1.92. The molecule has 2 aromatic rings. The third-order valence-electron chi connectivity index (χ3n) is 2.73. The van der Waals surface area contributed by atoms with Gasteiger partial charge in [-0.2, -0.15) is 0 Å². The number of benzene rings is 1. The lowest BCUT2D eigenvalue weighted by Gasteiger charge is -2.06. The van der Waals surface area contributed by atoms with Crippen molar-refractivity contribution in [2.75, 3.05) is 17.6 Å². The van der Waals surface area contributed by atoms with Crippen molar-refractivity contribution in [1.82, 2.24) is 14.8 Å². The van der Waals surface area contributed by atoms with Gasteiger partial charge in [0.25, 0.3) is 0 Å². The van der Waals surface area contributed by atoms with Crippen molar-refractivity contribution in [2.24, 2.45) is 7.05 Å². The Morgan fingerprint density at radius 3 is 2.78 bits per heavy atom. The van der Waals surface area contributed by atoms with Crippen molar-refractivity contribution in [3.05, 3.63) is 35.7 Å². The minimum absolute atomic E-state index is 0.917. The van der Waals surface area contributed by atoms with Crippen LogP contribution in [-0.2, 0) is 7.05 Å². The molecule has 1 heterocycles. The molecule has 0 unspecified atom stereocenters. The monoisotopic (exact) mass is 262 g/mol. The van der Waals surface area contributed by atoms with Crippen LogP contribution in [0.4, 0.5) is 5.69 Å². The molecule has 1 N–H and O–H groups in total. The first-order valence-electron chi connectivity index (χ1n) is 5.96. The molecule has 0 fully saturated rings. The normalized spacial score (nSPS) is 10.6. The van der Waals surface area contributed by atoms with Gasteiger partial charge in [0.05, 0.1) is 0 Å². The molecule has 1 aromatic carbocycles. The quantitative estimate of drug-likeness (QED) is 0.664. The maximum absolute atomic E-state index is 4.12. The summed E-state index contributed by atoms with van der Waals surface area (Å²) < 4.78 is 2.01. The number of nitrogens with one attached hydrogen (secondary N) is 1. The van der Waals surface area contributed by atoms with E-state index in [9.17, 15) is 0 Å². The molecule has 2 rings (SSSR count). The summed E-state index contributed by atoms with van der Waals surface area (Å²) in [6, 6.07) is 8.40. The van der Waals surface area contributed by atoms with Crippen LogP contribution < -0.4 is 5.32 Å². The van der Waals surface area contributed by atoms with Gasteiger partial charge < -0.3 is 9.88 Å². The molecule has 0 aliphatic heterocycles. The standard InChI is InChI=1S/C13H18N4S/c1-10-5-4-6-12(9-10)14-7-8-18-13-16-15-11(2)17(13)3/h4-6,9,14H,7-8H2,1-3H3. The SMILES string of the molecule is Cc1cccc(NCCSc2nnc(C)n2C)c1. The second-order valence-corrected chi connectivity index (χ2v) is 5.30. The van der Waals surface area contributed by atoms with Crippen LogP contribution in [0.3, 0.4) is 0 Å². The lowest BCUT2D eigenvalue weighted by Crippen LogP contribution is -2.05. The van der Waals surface area contributed by atoms with Crippen molar-refractivity contribution >= 4 is 17.4 Å². The van der Waals surface area contributed by atoms with Gasteiger partial charge in [-0.25, -0.2) is 0 Å². The van der Waals surface area contributed by atoms with Crippen LogP contribution in [0, 0.1) is 13.8 Å². The Morgan fingerprint density at radius 1 is 1.28 bits per heavy atom. The number of nitrogens with zero attached hydrogens (tertiary/aromatic N) is 3. The van der Waals surface area contributed by atoms with Crippen molar-refractivity contribution in [2.45, 2.75) is 19.0 Å². The number of thioether (sulfide) groups is 1. The first-order valence-corrected chi connectivity index (χ1v) is 6.94. The lowest BCUT2D eigenvalue weighted by atomic mass is 10.2. The van der Waals surface area contributed by atoms with Crippen molar-refractivity contribution in [1.29, 1.82) is 0 Å². The van der Waals surface area contributed by atoms with Gasteiger partial charge in [-0.15, -0.1) is 10.2 Å². The summed E-state index contributed by atoms with van der Waals surface area (Å²) in [7, 11) is 1.99. The average molecular weight is 262 g/mol. The summed E-state index contributed by atoms with van der Waals surface area (Å²) in [5, 5.41) is 12.5. The number of hydrogen-bond acceptors (Lipinski definition) is 4. The molecule has 0 saturated heterocycles. The van der Waals surface area contributed by atoms with Gasteiger partial charge in [-0.3, -0.25) is 0 Å². The third-order valence-corrected chi connectivity index (χ3v) is 3.75. The highest BCUT2D eigenvalue weighted by molar-refractivity contribution is 7.99. The van der Waals surface area contributed by atoms with Crippen LogP contribution in [0.2, 0.25) is 0 Å². The van der Waals surface area contributed by atoms with Gasteiger partial charge in [0.15, 0.2) is 5.16 Å². The Hall–Kier alpha value is -1.49. The molecule has 5 heteroatoms. The van der Waals surface area contributed by atoms with E-state index in [1.54, 1.807) is 11.8 Å². The summed E-state index contributed by atoms with van der Waals surface area (Å²) >= 11 is 1.72. The van der Waals surface area contributed by atoms with Crippen LogP contribution in [0.15, 0.2) is 29.4 Å². The topological polar surface area (TPSA) is 42.7 Å². The fourth-order valence-corrected chi connectivity index (χ4v) is 2.42. The minimum atomic E-state index is 0.917. The van der Waals surface area contributed by atoms with Gasteiger partial charge >= 0.3 is 0 Å². The van der Waals surface area contributed by atoms with Gasteiger partial charge in [0.1, 0.15) is 5.82 Å². The van der Waals surface area contributed by atoms with E-state index in [2.05, 4.69) is 46.7 Å². The average Bonchev–Trinajstić information content (AvgIpc) is 2.66. The van der Waals surface area contributed by atoms with E-state index in [0.717, 1.165) is 23.3 Å². The summed E-state index contributed by atoms with van der Waals surface area (Å²) in [5.41, 5.74) is 2.45. The highest BCUT2D eigenvalue weighted by Gasteiger charge is 2.04. The molecule has 18 heavy (non-hydrogen) atoms. The van der Waals surface area contributed by atoms with Crippen LogP contribution in [0.5, 0.6) is 0 Å². The molecular formula is C13H18N4S. The molecule has 0 spiro atoms. The number of aromatic nitrogens is 3. The maximum Gasteiger partial charge on any atom is 0.191 e. The Bertz CT molecular complexity index is 521. The molecule has 0 saturated carbocycles. The van der Waals surface area contributed by atoms with Gasteiger partial charge in [-0.05, 0) is 31.5 Å². The van der Waals surface area contributed by atoms with Crippen LogP contribution in [0.25, 0.3) is 0 Å². The van der Waals surface area contributed by atoms with Crippen molar-refractivity contribution < 1.29 is 0 Å². The third kappa shape index (κ3) is 3.26. The number of hydrogen-bond donors (Lipinski definition) is 1. The van der Waals surface area contributed by atoms with Gasteiger partial charge in [-0.1, -0.05) is 23.9 Å². The van der Waals surface area contributed by atoms with E-state index >= 15 is 0 Å². The molecule has 0 aliphatic rings. The predicted molar refractivity (Wildman–Crippen MR) is 76.1 cm³/mol. The Labute approximate surface area is 112 Å². The molecule has 96 valence electrons. The van der Waals surface area contributed by atoms with Gasteiger partial charge in [0, 0.05) is 25.0 Å². The zero-order valence-electron chi connectivity index (χ0n) is 11.0. The van der Waals surface area contributed by atoms with Crippen molar-refractivity contribution in [3.8, 4) is 0 Å². The highest BCUT2D eigenvalue weighted by atomic mass is 32.2. The van der Waals surface area contributed by atoms with Crippen LogP contribution in [0.1, 0.15) is 11.4 Å². The van der Waals surface area contributed by atoms with E-state index < -0.39 is 0 Å². The Kier molecular flexibility index (Phi) is 4.25. The fourth-order valence-electron chi connectivity index (χ4n) is 1.61. The second kappa shape index (κ2) is 5.91. The summed E-state index contributed by atoms with van der Waals surface area (Å²) in [4.78, 5) is 0. The first kappa shape index (κ1) is 13.0. The molecular weight excluding hydrogens is 244 g/mol. The van der Waals surface area contributed by atoms with Gasteiger partial charge in [0.2, 0.25) is 0 Å². The minimum Gasteiger partial charge on any atom is -0.384 e. The Balaban J connectivity index is 1.78. The molecule has 1 aromatic heterocycles. The molecule has 0 atom stereocenters. The number of rotatable bonds is 5. The molecule has 4 nitrogen and oxygen atoms in total. The van der Waals surface area contributed by atoms with Crippen molar-refractivity contribution in [3.63, 3.8) is 0 Å². The molecule has 0 amide bonds. The molecule has 0 bridgehead atoms. The van der Waals surface area contributed by atoms with E-state index in [1.165, 1.54) is 11.3 Å². The Morgan fingerprint density at radius 2 is 2.11 bits per heavy atom. The zero-order chi connectivity index (χ0) is 13.0. The largest absolute Gasteiger partial charge is 0.384 e. The zero-order valence-corrected chi connectivity index (χ0v) is 11.8. The number of aryl methyl sites for hydroxylation is 2. The second-order valence-electron chi connectivity index (χ2n) is 4.23. The molecule has 0 radical (unpaired) electrons. The smallest absolute Gasteiger partial charge is 0.191 e. The first-order chi connectivity index (χ1) is 8.66. The highest BCUT2D eigenvalue weighted by Crippen LogP contribution is 2.15. The fraction of sp³-hybridized carbons (Fsp3) is 0.385. The van der Waals surface area contributed by atoms with E-state index in [0.29, 0.717) is 0 Å². The summed E-state index contributed by atoms with van der Waals surface area (Å²) in [6.45, 7) is 4.98. The van der Waals surface area contributed by atoms with Crippen LogP contribution >= 0.6 is 11.8 Å². The molecule has 0 aliphatic carbocycles. The maximum atomic E-state index is 4.12. The lowest BCUT2D eigenvalue weighted by molar-refractivity contribution is 0.765. The van der Waals surface area contributed by atoms with E-state index in [4.69, 9.17) is 0 Å². The summed E-state index contributed by atoms with van der Waals surface area (Å²) in [6.07, 6.45) is 0. The van der Waals surface area contributed by atoms with E-state index in [1.807, 2.05) is 18.5 Å². The van der Waals surface area contributed by atoms with E-state index in [-0.39, 0.29) is 0 Å². The predicted octanol–water partition coefficient (Wildman–Crippen LogP) is 2.64. The number of anilines is 1.